The molecule has 1 fully saturated rings. The van der Waals surface area contributed by atoms with E-state index in [0.29, 0.717) is 18.7 Å². The predicted octanol–water partition coefficient (Wildman–Crippen LogP) is 4.79. The van der Waals surface area contributed by atoms with Gasteiger partial charge in [-0.3, -0.25) is 9.59 Å². The van der Waals surface area contributed by atoms with Crippen molar-refractivity contribution in [2.45, 2.75) is 62.9 Å². The number of ether oxygens (including phenoxy) is 3. The number of thioether (sulfide) groups is 1. The van der Waals surface area contributed by atoms with Gasteiger partial charge in [-0.2, -0.15) is 0 Å². The number of benzene rings is 3. The first-order chi connectivity index (χ1) is 18.8. The van der Waals surface area contributed by atoms with Crippen molar-refractivity contribution in [1.82, 2.24) is 5.32 Å². The molecule has 0 bridgehead atoms. The minimum Gasteiger partial charge on any atom is -0.508 e. The summed E-state index contributed by atoms with van der Waals surface area (Å²) in [6.07, 6.45) is -1.05. The maximum atomic E-state index is 12.1. The lowest BCUT2D eigenvalue weighted by atomic mass is 10.0. The SMILES string of the molecule is CC(=O)OC(C)C(=O)NCc1ccc(C2OC(CSc3ccc(O)cc3)CC(c3ccc(CO)cc3)O2)cc1. The molecule has 1 aliphatic rings. The Balaban J connectivity index is 1.43. The number of carbonyl (C=O) groups excluding carboxylic acids is 2. The molecule has 4 rings (SSSR count). The van der Waals surface area contributed by atoms with E-state index in [-0.39, 0.29) is 30.5 Å². The number of hydrogen-bond acceptors (Lipinski definition) is 8. The van der Waals surface area contributed by atoms with E-state index in [1.54, 1.807) is 23.9 Å². The highest BCUT2D eigenvalue weighted by molar-refractivity contribution is 7.99. The number of phenols is 1. The molecule has 0 saturated carbocycles. The second-order valence-corrected chi connectivity index (χ2v) is 10.5. The van der Waals surface area contributed by atoms with Crippen molar-refractivity contribution in [2.24, 2.45) is 0 Å². The number of aliphatic hydroxyl groups excluding tert-OH is 1. The molecule has 9 heteroatoms. The topological polar surface area (TPSA) is 114 Å². The van der Waals surface area contributed by atoms with Gasteiger partial charge in [-0.25, -0.2) is 0 Å². The Bertz CT molecular complexity index is 1230. The Labute approximate surface area is 232 Å². The number of esters is 1. The van der Waals surface area contributed by atoms with Crippen LogP contribution >= 0.6 is 11.8 Å². The average molecular weight is 552 g/mol. The summed E-state index contributed by atoms with van der Waals surface area (Å²) in [6.45, 7) is 3.08. The van der Waals surface area contributed by atoms with Crippen molar-refractivity contribution in [3.63, 3.8) is 0 Å². The van der Waals surface area contributed by atoms with Gasteiger partial charge < -0.3 is 29.7 Å². The largest absolute Gasteiger partial charge is 0.508 e. The van der Waals surface area contributed by atoms with Crippen LogP contribution in [0.5, 0.6) is 5.75 Å². The molecule has 1 saturated heterocycles. The van der Waals surface area contributed by atoms with Gasteiger partial charge in [0.15, 0.2) is 12.4 Å². The van der Waals surface area contributed by atoms with Gasteiger partial charge in [-0.1, -0.05) is 48.5 Å². The predicted molar refractivity (Wildman–Crippen MR) is 147 cm³/mol. The van der Waals surface area contributed by atoms with Crippen LogP contribution < -0.4 is 5.32 Å². The van der Waals surface area contributed by atoms with Gasteiger partial charge in [0, 0.05) is 36.1 Å². The summed E-state index contributed by atoms with van der Waals surface area (Å²) in [5, 5.41) is 21.7. The van der Waals surface area contributed by atoms with E-state index in [4.69, 9.17) is 14.2 Å². The van der Waals surface area contributed by atoms with E-state index in [2.05, 4.69) is 5.32 Å². The van der Waals surface area contributed by atoms with Crippen LogP contribution in [0.3, 0.4) is 0 Å². The molecule has 1 amide bonds. The van der Waals surface area contributed by atoms with Crippen molar-refractivity contribution < 1.29 is 34.0 Å². The molecule has 0 radical (unpaired) electrons. The average Bonchev–Trinajstić information content (AvgIpc) is 2.95. The molecule has 0 spiro atoms. The van der Waals surface area contributed by atoms with Crippen LogP contribution in [0.25, 0.3) is 0 Å². The van der Waals surface area contributed by atoms with E-state index in [9.17, 15) is 19.8 Å². The van der Waals surface area contributed by atoms with Crippen molar-refractivity contribution in [1.29, 1.82) is 0 Å². The Morgan fingerprint density at radius 1 is 0.974 bits per heavy atom. The summed E-state index contributed by atoms with van der Waals surface area (Å²) in [5.41, 5.74) is 3.59. The highest BCUT2D eigenvalue weighted by Gasteiger charge is 2.32. The first kappa shape index (κ1) is 28.6. The monoisotopic (exact) mass is 551 g/mol. The number of carbonyl (C=O) groups is 2. The lowest BCUT2D eigenvalue weighted by Gasteiger charge is -2.36. The Hall–Kier alpha value is -3.37. The minimum atomic E-state index is -0.856. The van der Waals surface area contributed by atoms with Crippen LogP contribution in [-0.2, 0) is 37.0 Å². The zero-order chi connectivity index (χ0) is 27.8. The Kier molecular flexibility index (Phi) is 10.00. The number of phenolic OH excluding ortho intramolecular Hbond substituents is 1. The molecular weight excluding hydrogens is 518 g/mol. The molecule has 3 aromatic carbocycles. The van der Waals surface area contributed by atoms with Gasteiger partial charge >= 0.3 is 5.97 Å². The van der Waals surface area contributed by atoms with E-state index < -0.39 is 18.4 Å². The fourth-order valence-corrected chi connectivity index (χ4v) is 5.10. The molecular formula is C30H33NO7S. The van der Waals surface area contributed by atoms with Crippen LogP contribution in [0.1, 0.15) is 54.9 Å². The van der Waals surface area contributed by atoms with E-state index in [1.807, 2.05) is 60.7 Å². The Morgan fingerprint density at radius 3 is 2.26 bits per heavy atom. The van der Waals surface area contributed by atoms with Crippen LogP contribution in [-0.4, -0.2) is 40.1 Å². The molecule has 4 atom stereocenters. The maximum absolute atomic E-state index is 12.1. The maximum Gasteiger partial charge on any atom is 0.303 e. The minimum absolute atomic E-state index is 0.0150. The van der Waals surface area contributed by atoms with E-state index >= 15 is 0 Å². The molecule has 3 aromatic rings. The van der Waals surface area contributed by atoms with Crippen molar-refractivity contribution in [3.05, 3.63) is 95.1 Å². The molecule has 206 valence electrons. The second kappa shape index (κ2) is 13.6. The number of rotatable bonds is 10. The molecule has 0 aromatic heterocycles. The summed E-state index contributed by atoms with van der Waals surface area (Å²) in [5.74, 6) is 0.0738. The second-order valence-electron chi connectivity index (χ2n) is 9.37. The van der Waals surface area contributed by atoms with Gasteiger partial charge in [0.1, 0.15) is 5.75 Å². The summed E-state index contributed by atoms with van der Waals surface area (Å²) >= 11 is 1.66. The number of nitrogens with one attached hydrogen (secondary N) is 1. The zero-order valence-electron chi connectivity index (χ0n) is 21.9. The number of hydrogen-bond donors (Lipinski definition) is 3. The number of aliphatic hydroxyl groups is 1. The smallest absolute Gasteiger partial charge is 0.303 e. The lowest BCUT2D eigenvalue weighted by molar-refractivity contribution is -0.245. The molecule has 1 heterocycles. The van der Waals surface area contributed by atoms with E-state index in [1.165, 1.54) is 13.8 Å². The highest BCUT2D eigenvalue weighted by Crippen LogP contribution is 2.39. The molecule has 3 N–H and O–H groups in total. The lowest BCUT2D eigenvalue weighted by Crippen LogP contribution is -2.35. The summed E-state index contributed by atoms with van der Waals surface area (Å²) in [7, 11) is 0. The van der Waals surface area contributed by atoms with Gasteiger partial charge in [-0.05, 0) is 47.9 Å². The van der Waals surface area contributed by atoms with Gasteiger partial charge in [0.05, 0.1) is 18.8 Å². The summed E-state index contributed by atoms with van der Waals surface area (Å²) in [4.78, 5) is 24.2. The standard InChI is InChI=1S/C30H33NO7S/c1-19(36-20(2)33)29(35)31-16-21-3-9-24(10-4-21)30-37-26(18-39-27-13-11-25(34)12-14-27)15-28(38-30)23-7-5-22(17-32)6-8-23/h3-14,19,26,28,30,32,34H,15-18H2,1-2H3,(H,31,35). The molecule has 1 aliphatic heterocycles. The first-order valence-electron chi connectivity index (χ1n) is 12.8. The van der Waals surface area contributed by atoms with Crippen LogP contribution in [0, 0.1) is 0 Å². The molecule has 39 heavy (non-hydrogen) atoms. The highest BCUT2D eigenvalue weighted by atomic mass is 32.2. The molecule has 4 unspecified atom stereocenters. The fourth-order valence-electron chi connectivity index (χ4n) is 4.18. The van der Waals surface area contributed by atoms with Crippen molar-refractivity contribution >= 4 is 23.6 Å². The third-order valence-electron chi connectivity index (χ3n) is 6.32. The fraction of sp³-hybridized carbons (Fsp3) is 0.333. The van der Waals surface area contributed by atoms with Gasteiger partial charge in [-0.15, -0.1) is 11.8 Å². The van der Waals surface area contributed by atoms with Crippen LogP contribution in [0.15, 0.2) is 77.7 Å². The normalized spacial score (nSPS) is 19.7. The van der Waals surface area contributed by atoms with Crippen molar-refractivity contribution in [2.75, 3.05) is 5.75 Å². The van der Waals surface area contributed by atoms with Crippen molar-refractivity contribution in [3.8, 4) is 5.75 Å². The van der Waals surface area contributed by atoms with Crippen LogP contribution in [0.2, 0.25) is 0 Å². The zero-order valence-corrected chi connectivity index (χ0v) is 22.7. The number of amides is 1. The third-order valence-corrected chi connectivity index (χ3v) is 7.46. The molecule has 8 nitrogen and oxygen atoms in total. The van der Waals surface area contributed by atoms with Crippen LogP contribution in [0.4, 0.5) is 0 Å². The molecule has 0 aliphatic carbocycles. The first-order valence-corrected chi connectivity index (χ1v) is 13.8. The summed E-state index contributed by atoms with van der Waals surface area (Å²) < 4.78 is 17.7. The quantitative estimate of drug-likeness (QED) is 0.243. The van der Waals surface area contributed by atoms with E-state index in [0.717, 1.165) is 27.1 Å². The van der Waals surface area contributed by atoms with Gasteiger partial charge in [0.2, 0.25) is 0 Å². The third kappa shape index (κ3) is 8.31. The number of aromatic hydroxyl groups is 1. The Morgan fingerprint density at radius 2 is 1.62 bits per heavy atom. The summed E-state index contributed by atoms with van der Waals surface area (Å²) in [6, 6.07) is 22.5. The van der Waals surface area contributed by atoms with Gasteiger partial charge in [0.25, 0.3) is 5.91 Å².